The number of urea groups is 1. The number of carbonyl (C=O) groups is 3. The number of nitrogens with zero attached hydrogens (tertiary/aromatic N) is 2. The van der Waals surface area contributed by atoms with Crippen LogP contribution in [0.4, 0.5) is 4.79 Å². The molecule has 0 aliphatic carbocycles. The molecule has 3 rings (SSSR count). The fraction of sp³-hybridized carbons (Fsp3) is 0.609. The van der Waals surface area contributed by atoms with Crippen molar-refractivity contribution in [3.8, 4) is 0 Å². The van der Waals surface area contributed by atoms with E-state index in [0.717, 1.165) is 6.42 Å². The van der Waals surface area contributed by atoms with Gasteiger partial charge >= 0.3 is 6.03 Å². The van der Waals surface area contributed by atoms with Crippen LogP contribution in [0.3, 0.4) is 0 Å². The maximum atomic E-state index is 13.2. The van der Waals surface area contributed by atoms with E-state index in [1.54, 1.807) is 16.9 Å². The number of rotatable bonds is 8. The van der Waals surface area contributed by atoms with Crippen LogP contribution in [0.1, 0.15) is 31.7 Å². The van der Waals surface area contributed by atoms with Crippen molar-refractivity contribution in [1.29, 1.82) is 0 Å². The van der Waals surface area contributed by atoms with Gasteiger partial charge in [-0.25, -0.2) is 4.79 Å². The van der Waals surface area contributed by atoms with E-state index >= 15 is 0 Å². The van der Waals surface area contributed by atoms with Gasteiger partial charge < -0.3 is 25.2 Å². The van der Waals surface area contributed by atoms with Crippen LogP contribution in [0, 0.1) is 5.41 Å². The summed E-state index contributed by atoms with van der Waals surface area (Å²) in [4.78, 5) is 41.8. The molecule has 8 nitrogen and oxygen atoms in total. The lowest BCUT2D eigenvalue weighted by atomic mass is 9.76. The minimum Gasteiger partial charge on any atom is -0.383 e. The third-order valence-corrected chi connectivity index (χ3v) is 6.46. The molecule has 2 aliphatic rings. The van der Waals surface area contributed by atoms with Gasteiger partial charge in [-0.1, -0.05) is 30.3 Å². The summed E-state index contributed by atoms with van der Waals surface area (Å²) in [5, 5.41) is 5.85. The minimum atomic E-state index is -0.542. The second-order valence-electron chi connectivity index (χ2n) is 8.33. The molecule has 2 heterocycles. The lowest BCUT2D eigenvalue weighted by Gasteiger charge is -2.37. The lowest BCUT2D eigenvalue weighted by molar-refractivity contribution is -0.140. The highest BCUT2D eigenvalue weighted by molar-refractivity contribution is 5.94. The van der Waals surface area contributed by atoms with Crippen molar-refractivity contribution in [2.75, 3.05) is 46.4 Å². The average Bonchev–Trinajstić information content (AvgIpc) is 3.06. The van der Waals surface area contributed by atoms with Crippen LogP contribution >= 0.6 is 0 Å². The average molecular weight is 431 g/mol. The Kier molecular flexibility index (Phi) is 7.90. The first-order chi connectivity index (χ1) is 15.0. The maximum Gasteiger partial charge on any atom is 0.317 e. The molecule has 1 aromatic rings. The Labute approximate surface area is 184 Å². The van der Waals surface area contributed by atoms with Gasteiger partial charge in [-0.05, 0) is 38.2 Å². The van der Waals surface area contributed by atoms with E-state index in [4.69, 9.17) is 4.74 Å². The number of nitrogens with one attached hydrogen (secondary N) is 2. The molecule has 1 aromatic carbocycles. The molecule has 31 heavy (non-hydrogen) atoms. The second-order valence-corrected chi connectivity index (χ2v) is 8.33. The van der Waals surface area contributed by atoms with Crippen molar-refractivity contribution in [3.63, 3.8) is 0 Å². The van der Waals surface area contributed by atoms with Crippen molar-refractivity contribution in [2.24, 2.45) is 5.41 Å². The highest BCUT2D eigenvalue weighted by atomic mass is 16.5. The Morgan fingerprint density at radius 3 is 2.48 bits per heavy atom. The fourth-order valence-electron chi connectivity index (χ4n) is 4.63. The number of ether oxygens (including phenoxy) is 1. The summed E-state index contributed by atoms with van der Waals surface area (Å²) in [6, 6.07) is 9.52. The second kappa shape index (κ2) is 10.6. The molecule has 4 amide bonds. The third kappa shape index (κ3) is 5.36. The smallest absolute Gasteiger partial charge is 0.317 e. The van der Waals surface area contributed by atoms with Gasteiger partial charge in [0.2, 0.25) is 11.8 Å². The molecule has 0 saturated carbocycles. The van der Waals surface area contributed by atoms with E-state index in [0.29, 0.717) is 58.6 Å². The molecule has 2 aliphatic heterocycles. The Hall–Kier alpha value is -2.61. The van der Waals surface area contributed by atoms with Gasteiger partial charge in [0.15, 0.2) is 0 Å². The number of piperidine rings is 1. The van der Waals surface area contributed by atoms with Gasteiger partial charge in [-0.15, -0.1) is 0 Å². The first kappa shape index (κ1) is 23.1. The summed E-state index contributed by atoms with van der Waals surface area (Å²) in [6.07, 6.45) is 2.49. The lowest BCUT2D eigenvalue weighted by Crippen LogP contribution is -2.50. The molecule has 0 bridgehead atoms. The number of benzene rings is 1. The molecular formula is C23H34N4O4. The summed E-state index contributed by atoms with van der Waals surface area (Å²) >= 11 is 0. The molecule has 1 unspecified atom stereocenters. The first-order valence-electron chi connectivity index (χ1n) is 11.1. The molecule has 1 spiro atoms. The third-order valence-electron chi connectivity index (χ3n) is 6.46. The summed E-state index contributed by atoms with van der Waals surface area (Å²) in [5.74, 6) is -0.0729. The van der Waals surface area contributed by atoms with Crippen LogP contribution in [-0.4, -0.2) is 80.1 Å². The number of amides is 4. The van der Waals surface area contributed by atoms with Gasteiger partial charge in [0.1, 0.15) is 6.04 Å². The van der Waals surface area contributed by atoms with E-state index in [-0.39, 0.29) is 17.8 Å². The molecule has 0 aromatic heterocycles. The number of likely N-dealkylation sites (N-methyl/N-ethyl adjacent to an activating group) is 1. The Morgan fingerprint density at radius 2 is 1.84 bits per heavy atom. The molecule has 2 saturated heterocycles. The Morgan fingerprint density at radius 1 is 1.13 bits per heavy atom. The van der Waals surface area contributed by atoms with Crippen molar-refractivity contribution >= 4 is 17.8 Å². The van der Waals surface area contributed by atoms with Crippen LogP contribution in [0.5, 0.6) is 0 Å². The highest BCUT2D eigenvalue weighted by Gasteiger charge is 2.54. The first-order valence-corrected chi connectivity index (χ1v) is 11.1. The van der Waals surface area contributed by atoms with Crippen molar-refractivity contribution < 1.29 is 19.1 Å². The SMILES string of the molecule is CCN1C(=O)C2(CCN(C(=O)NCCc3ccccc3)CC2)CC1C(=O)NCCOC. The number of carbonyl (C=O) groups excluding carboxylic acids is 3. The van der Waals surface area contributed by atoms with E-state index in [1.165, 1.54) is 5.56 Å². The zero-order chi connectivity index (χ0) is 22.3. The predicted molar refractivity (Wildman–Crippen MR) is 117 cm³/mol. The molecule has 1 atom stereocenters. The number of methoxy groups -OCH3 is 1. The van der Waals surface area contributed by atoms with Gasteiger partial charge in [0, 0.05) is 39.8 Å². The van der Waals surface area contributed by atoms with E-state index < -0.39 is 11.5 Å². The quantitative estimate of drug-likeness (QED) is 0.610. The van der Waals surface area contributed by atoms with Crippen molar-refractivity contribution in [3.05, 3.63) is 35.9 Å². The minimum absolute atomic E-state index is 0.0472. The molecule has 2 fully saturated rings. The molecule has 0 radical (unpaired) electrons. The highest BCUT2D eigenvalue weighted by Crippen LogP contribution is 2.44. The number of hydrogen-bond donors (Lipinski definition) is 2. The van der Waals surface area contributed by atoms with Crippen molar-refractivity contribution in [2.45, 2.75) is 38.6 Å². The summed E-state index contributed by atoms with van der Waals surface area (Å²) in [7, 11) is 1.59. The topological polar surface area (TPSA) is 91.0 Å². The summed E-state index contributed by atoms with van der Waals surface area (Å²) in [6.45, 7) is 4.92. The van der Waals surface area contributed by atoms with E-state index in [1.807, 2.05) is 37.3 Å². The standard InChI is InChI=1S/C23H34N4O4/c1-3-27-19(20(28)24-13-16-31-2)17-23(21(27)29)10-14-26(15-11-23)22(30)25-12-9-18-7-5-4-6-8-18/h4-8,19H,3,9-17H2,1-2H3,(H,24,28)(H,25,30). The Balaban J connectivity index is 1.51. The Bertz CT molecular complexity index is 762. The van der Waals surface area contributed by atoms with Gasteiger partial charge in [0.05, 0.1) is 12.0 Å². The van der Waals surface area contributed by atoms with Crippen LogP contribution in [-0.2, 0) is 20.7 Å². The fourth-order valence-corrected chi connectivity index (χ4v) is 4.63. The van der Waals surface area contributed by atoms with E-state index in [2.05, 4.69) is 10.6 Å². The predicted octanol–water partition coefficient (Wildman–Crippen LogP) is 1.40. The normalized spacial score (nSPS) is 20.2. The maximum absolute atomic E-state index is 13.2. The molecule has 8 heteroatoms. The zero-order valence-electron chi connectivity index (χ0n) is 18.6. The van der Waals surface area contributed by atoms with E-state index in [9.17, 15) is 14.4 Å². The largest absolute Gasteiger partial charge is 0.383 e. The molecule has 2 N–H and O–H groups in total. The monoisotopic (exact) mass is 430 g/mol. The number of likely N-dealkylation sites (tertiary alicyclic amines) is 2. The van der Waals surface area contributed by atoms with Crippen LogP contribution in [0.15, 0.2) is 30.3 Å². The van der Waals surface area contributed by atoms with Gasteiger partial charge in [0.25, 0.3) is 0 Å². The van der Waals surface area contributed by atoms with Crippen molar-refractivity contribution in [1.82, 2.24) is 20.4 Å². The molecule has 170 valence electrons. The zero-order valence-corrected chi connectivity index (χ0v) is 18.6. The van der Waals surface area contributed by atoms with Crippen LogP contribution in [0.2, 0.25) is 0 Å². The summed E-state index contributed by atoms with van der Waals surface area (Å²) in [5.41, 5.74) is 0.645. The summed E-state index contributed by atoms with van der Waals surface area (Å²) < 4.78 is 4.99. The number of hydrogen-bond acceptors (Lipinski definition) is 4. The van der Waals surface area contributed by atoms with Crippen LogP contribution < -0.4 is 10.6 Å². The van der Waals surface area contributed by atoms with Gasteiger partial charge in [-0.3, -0.25) is 9.59 Å². The molecular weight excluding hydrogens is 396 g/mol. The van der Waals surface area contributed by atoms with Crippen LogP contribution in [0.25, 0.3) is 0 Å². The van der Waals surface area contributed by atoms with Gasteiger partial charge in [-0.2, -0.15) is 0 Å².